The molecule has 0 spiro atoms. The van der Waals surface area contributed by atoms with Gasteiger partial charge in [-0.2, -0.15) is 0 Å². The highest BCUT2D eigenvalue weighted by Crippen LogP contribution is 2.20. The van der Waals surface area contributed by atoms with Gasteiger partial charge in [0.05, 0.1) is 12.7 Å². The number of ether oxygens (including phenoxy) is 1. The molecule has 3 fully saturated rings. The second kappa shape index (κ2) is 6.34. The number of nitro groups is 1. The first-order valence-corrected chi connectivity index (χ1v) is 7.68. The van der Waals surface area contributed by atoms with Crippen LogP contribution in [0.2, 0.25) is 0 Å². The van der Waals surface area contributed by atoms with E-state index in [0.717, 1.165) is 32.7 Å². The second-order valence-electron chi connectivity index (χ2n) is 6.11. The smallest absolute Gasteiger partial charge is 0.266 e. The summed E-state index contributed by atoms with van der Waals surface area (Å²) in [6, 6.07) is 1.13. The van der Waals surface area contributed by atoms with E-state index in [9.17, 15) is 10.1 Å². The van der Waals surface area contributed by atoms with Gasteiger partial charge in [-0.3, -0.25) is 20.3 Å². The summed E-state index contributed by atoms with van der Waals surface area (Å²) < 4.78 is 5.80. The van der Waals surface area contributed by atoms with Crippen LogP contribution < -0.4 is 10.6 Å². The van der Waals surface area contributed by atoms with Crippen LogP contribution in [0.25, 0.3) is 0 Å². The molecule has 3 atom stereocenters. The van der Waals surface area contributed by atoms with Crippen molar-refractivity contribution in [3.63, 3.8) is 0 Å². The van der Waals surface area contributed by atoms with E-state index in [1.807, 2.05) is 0 Å². The normalized spacial score (nSPS) is 35.9. The largest absolute Gasteiger partial charge is 0.374 e. The number of rotatable bonds is 5. The van der Waals surface area contributed by atoms with Gasteiger partial charge in [-0.05, 0) is 19.3 Å². The monoisotopic (exact) mass is 284 g/mol. The number of hydrogen-bond donors (Lipinski definition) is 2. The van der Waals surface area contributed by atoms with Crippen molar-refractivity contribution >= 4 is 0 Å². The molecule has 2 saturated heterocycles. The Labute approximate surface area is 119 Å². The lowest BCUT2D eigenvalue weighted by atomic mass is 10.0. The van der Waals surface area contributed by atoms with Crippen molar-refractivity contribution in [1.29, 1.82) is 0 Å². The van der Waals surface area contributed by atoms with Crippen LogP contribution in [0.1, 0.15) is 25.7 Å². The molecule has 0 radical (unpaired) electrons. The molecular formula is C13H24N4O3. The molecule has 1 aliphatic carbocycles. The Balaban J connectivity index is 1.43. The van der Waals surface area contributed by atoms with Crippen molar-refractivity contribution in [2.75, 3.05) is 32.8 Å². The highest BCUT2D eigenvalue weighted by atomic mass is 16.6. The first-order valence-electron chi connectivity index (χ1n) is 7.68. The standard InChI is InChI=1S/C13H24N4O3/c18-17(19)13-4-3-11(7-15-13)16-5-6-20-12(9-16)8-14-10-1-2-10/h10-15H,1-9H2/t11-,12-,13-/m1/s1. The summed E-state index contributed by atoms with van der Waals surface area (Å²) in [7, 11) is 0. The maximum atomic E-state index is 10.7. The van der Waals surface area contributed by atoms with E-state index in [1.54, 1.807) is 0 Å². The zero-order chi connectivity index (χ0) is 13.9. The molecule has 114 valence electrons. The van der Waals surface area contributed by atoms with Crippen LogP contribution in [0.5, 0.6) is 0 Å². The molecule has 0 unspecified atom stereocenters. The fourth-order valence-corrected chi connectivity index (χ4v) is 3.10. The van der Waals surface area contributed by atoms with Crippen LogP contribution in [-0.4, -0.2) is 67.0 Å². The number of nitrogens with zero attached hydrogens (tertiary/aromatic N) is 2. The van der Waals surface area contributed by atoms with Gasteiger partial charge in [0.25, 0.3) is 6.17 Å². The van der Waals surface area contributed by atoms with Crippen LogP contribution in [0.4, 0.5) is 0 Å². The molecular weight excluding hydrogens is 260 g/mol. The Morgan fingerprint density at radius 3 is 2.85 bits per heavy atom. The van der Waals surface area contributed by atoms with E-state index < -0.39 is 6.17 Å². The van der Waals surface area contributed by atoms with Gasteiger partial charge in [-0.25, -0.2) is 0 Å². The van der Waals surface area contributed by atoms with Gasteiger partial charge in [-0.1, -0.05) is 0 Å². The van der Waals surface area contributed by atoms with Crippen LogP contribution in [0.3, 0.4) is 0 Å². The number of nitrogens with one attached hydrogen (secondary N) is 2. The Bertz CT molecular complexity index is 343. The summed E-state index contributed by atoms with van der Waals surface area (Å²) in [6.07, 6.45) is 3.83. The van der Waals surface area contributed by atoms with Crippen LogP contribution >= 0.6 is 0 Å². The predicted molar refractivity (Wildman–Crippen MR) is 74.1 cm³/mol. The average Bonchev–Trinajstić information content (AvgIpc) is 3.30. The van der Waals surface area contributed by atoms with Crippen molar-refractivity contribution in [3.8, 4) is 0 Å². The summed E-state index contributed by atoms with van der Waals surface area (Å²) >= 11 is 0. The van der Waals surface area contributed by atoms with Gasteiger partial charge in [0.1, 0.15) is 0 Å². The number of piperidine rings is 1. The second-order valence-corrected chi connectivity index (χ2v) is 6.11. The lowest BCUT2D eigenvalue weighted by Crippen LogP contribution is -2.57. The van der Waals surface area contributed by atoms with Gasteiger partial charge in [0, 0.05) is 49.6 Å². The Morgan fingerprint density at radius 2 is 2.20 bits per heavy atom. The lowest BCUT2D eigenvalue weighted by molar-refractivity contribution is -0.532. The maximum absolute atomic E-state index is 10.7. The lowest BCUT2D eigenvalue weighted by Gasteiger charge is -2.40. The van der Waals surface area contributed by atoms with Crippen LogP contribution in [-0.2, 0) is 4.74 Å². The highest BCUT2D eigenvalue weighted by molar-refractivity contribution is 4.87. The summed E-state index contributed by atoms with van der Waals surface area (Å²) in [6.45, 7) is 4.30. The van der Waals surface area contributed by atoms with Crippen LogP contribution in [0, 0.1) is 10.1 Å². The molecule has 0 aromatic carbocycles. The average molecular weight is 284 g/mol. The molecule has 2 aliphatic heterocycles. The van der Waals surface area contributed by atoms with E-state index in [2.05, 4.69) is 15.5 Å². The maximum Gasteiger partial charge on any atom is 0.266 e. The van der Waals surface area contributed by atoms with Crippen molar-refractivity contribution in [2.45, 2.75) is 50.0 Å². The number of hydrogen-bond acceptors (Lipinski definition) is 6. The zero-order valence-corrected chi connectivity index (χ0v) is 11.8. The topological polar surface area (TPSA) is 79.7 Å². The molecule has 0 amide bonds. The molecule has 1 saturated carbocycles. The molecule has 3 aliphatic rings. The SMILES string of the molecule is O=[N+]([O-])[C@@H]1CC[C@@H](N2CCO[C@H](CNC3CC3)C2)CN1. The minimum absolute atomic E-state index is 0.210. The zero-order valence-electron chi connectivity index (χ0n) is 11.8. The van der Waals surface area contributed by atoms with Crippen molar-refractivity contribution in [1.82, 2.24) is 15.5 Å². The third-order valence-corrected chi connectivity index (χ3v) is 4.52. The van der Waals surface area contributed by atoms with Crippen molar-refractivity contribution < 1.29 is 9.66 Å². The summed E-state index contributed by atoms with van der Waals surface area (Å²) in [4.78, 5) is 13.0. The minimum Gasteiger partial charge on any atom is -0.374 e. The number of morpholine rings is 1. The first kappa shape index (κ1) is 14.2. The third-order valence-electron chi connectivity index (χ3n) is 4.52. The van der Waals surface area contributed by atoms with Gasteiger partial charge in [-0.15, -0.1) is 0 Å². The van der Waals surface area contributed by atoms with Gasteiger partial charge in [0.15, 0.2) is 0 Å². The molecule has 7 heteroatoms. The van der Waals surface area contributed by atoms with E-state index in [1.165, 1.54) is 12.8 Å². The first-order chi connectivity index (χ1) is 9.72. The summed E-state index contributed by atoms with van der Waals surface area (Å²) in [5.74, 6) is 0. The Kier molecular flexibility index (Phi) is 4.50. The molecule has 2 heterocycles. The van der Waals surface area contributed by atoms with E-state index >= 15 is 0 Å². The molecule has 3 rings (SSSR count). The van der Waals surface area contributed by atoms with Crippen LogP contribution in [0.15, 0.2) is 0 Å². The van der Waals surface area contributed by atoms with Gasteiger partial charge in [0.2, 0.25) is 0 Å². The van der Waals surface area contributed by atoms with Crippen molar-refractivity contribution in [3.05, 3.63) is 10.1 Å². The van der Waals surface area contributed by atoms with Crippen molar-refractivity contribution in [2.24, 2.45) is 0 Å². The molecule has 7 nitrogen and oxygen atoms in total. The van der Waals surface area contributed by atoms with E-state index in [0.29, 0.717) is 25.0 Å². The third kappa shape index (κ3) is 3.66. The molecule has 20 heavy (non-hydrogen) atoms. The quantitative estimate of drug-likeness (QED) is 0.537. The minimum atomic E-state index is -0.556. The predicted octanol–water partition coefficient (Wildman–Crippen LogP) is -0.206. The fourth-order valence-electron chi connectivity index (χ4n) is 3.10. The van der Waals surface area contributed by atoms with Gasteiger partial charge < -0.3 is 10.1 Å². The molecule has 0 aromatic rings. The Morgan fingerprint density at radius 1 is 1.35 bits per heavy atom. The molecule has 2 N–H and O–H groups in total. The fraction of sp³-hybridized carbons (Fsp3) is 1.00. The Hall–Kier alpha value is -0.760. The van der Waals surface area contributed by atoms with E-state index in [4.69, 9.17) is 4.74 Å². The molecule has 0 bridgehead atoms. The molecule has 0 aromatic heterocycles. The van der Waals surface area contributed by atoms with Gasteiger partial charge >= 0.3 is 0 Å². The summed E-state index contributed by atoms with van der Waals surface area (Å²) in [5, 5.41) is 17.3. The van der Waals surface area contributed by atoms with E-state index in [-0.39, 0.29) is 11.0 Å². The summed E-state index contributed by atoms with van der Waals surface area (Å²) in [5.41, 5.74) is 0. The highest BCUT2D eigenvalue weighted by Gasteiger charge is 2.33.